The van der Waals surface area contributed by atoms with Crippen LogP contribution in [0.4, 0.5) is 0 Å². The molecule has 1 N–H and O–H groups in total. The number of carboxylic acids is 1. The van der Waals surface area contributed by atoms with Gasteiger partial charge in [0.1, 0.15) is 6.54 Å². The molecule has 6 nitrogen and oxygen atoms in total. The van der Waals surface area contributed by atoms with Crippen LogP contribution in [0, 0.1) is 13.8 Å². The lowest BCUT2D eigenvalue weighted by Gasteiger charge is -2.20. The molecular formula is C12H15N3O3. The summed E-state index contributed by atoms with van der Waals surface area (Å²) in [5, 5.41) is 16.6. The van der Waals surface area contributed by atoms with Gasteiger partial charge in [0.15, 0.2) is 0 Å². The average molecular weight is 249 g/mol. The number of carbonyl (C=O) groups is 2. The number of hydrogen-bond acceptors (Lipinski definition) is 4. The lowest BCUT2D eigenvalue weighted by atomic mass is 10.1. The van der Waals surface area contributed by atoms with Crippen LogP contribution in [0.3, 0.4) is 0 Å². The van der Waals surface area contributed by atoms with Gasteiger partial charge in [0.05, 0.1) is 17.0 Å². The van der Waals surface area contributed by atoms with Crippen molar-refractivity contribution in [2.24, 2.45) is 0 Å². The molecule has 1 amide bonds. The summed E-state index contributed by atoms with van der Waals surface area (Å²) in [7, 11) is 0. The summed E-state index contributed by atoms with van der Waals surface area (Å²) in [6.07, 6.45) is 1.74. The predicted molar refractivity (Wildman–Crippen MR) is 63.2 cm³/mol. The smallest absolute Gasteiger partial charge is 0.323 e. The second-order valence-electron chi connectivity index (χ2n) is 4.54. The third kappa shape index (κ3) is 2.64. The van der Waals surface area contributed by atoms with Gasteiger partial charge in [-0.1, -0.05) is 0 Å². The van der Waals surface area contributed by atoms with Crippen molar-refractivity contribution in [3.05, 3.63) is 23.0 Å². The van der Waals surface area contributed by atoms with Crippen molar-refractivity contribution in [2.75, 3.05) is 6.54 Å². The van der Waals surface area contributed by atoms with Crippen LogP contribution in [0.5, 0.6) is 0 Å². The third-order valence-corrected chi connectivity index (χ3v) is 2.89. The van der Waals surface area contributed by atoms with E-state index < -0.39 is 5.97 Å². The highest BCUT2D eigenvalue weighted by Gasteiger charge is 2.35. The van der Waals surface area contributed by atoms with Gasteiger partial charge in [-0.2, -0.15) is 10.2 Å². The molecule has 0 bridgehead atoms. The maximum Gasteiger partial charge on any atom is 0.323 e. The Bertz CT molecular complexity index is 497. The Morgan fingerprint density at radius 3 is 2.61 bits per heavy atom. The van der Waals surface area contributed by atoms with Crippen molar-refractivity contribution in [2.45, 2.75) is 32.7 Å². The van der Waals surface area contributed by atoms with Gasteiger partial charge in [0, 0.05) is 6.04 Å². The first kappa shape index (κ1) is 12.5. The van der Waals surface area contributed by atoms with Crippen molar-refractivity contribution >= 4 is 11.9 Å². The molecule has 0 aliphatic heterocycles. The summed E-state index contributed by atoms with van der Waals surface area (Å²) in [4.78, 5) is 24.5. The molecule has 0 radical (unpaired) electrons. The first-order chi connectivity index (χ1) is 8.49. The Kier molecular flexibility index (Phi) is 3.27. The number of carbonyl (C=O) groups excluding carboxylic acids is 1. The molecule has 18 heavy (non-hydrogen) atoms. The van der Waals surface area contributed by atoms with Crippen LogP contribution in [0.15, 0.2) is 6.07 Å². The van der Waals surface area contributed by atoms with Gasteiger partial charge in [-0.15, -0.1) is 0 Å². The van der Waals surface area contributed by atoms with Crippen LogP contribution < -0.4 is 0 Å². The van der Waals surface area contributed by atoms with E-state index in [4.69, 9.17) is 5.11 Å². The van der Waals surface area contributed by atoms with Gasteiger partial charge in [-0.05, 0) is 32.8 Å². The fourth-order valence-electron chi connectivity index (χ4n) is 1.82. The monoisotopic (exact) mass is 249 g/mol. The van der Waals surface area contributed by atoms with E-state index in [-0.39, 0.29) is 18.5 Å². The molecule has 1 aliphatic carbocycles. The lowest BCUT2D eigenvalue weighted by molar-refractivity contribution is -0.137. The molecule has 1 saturated carbocycles. The molecule has 0 spiro atoms. The fourth-order valence-corrected chi connectivity index (χ4v) is 1.82. The second kappa shape index (κ2) is 4.72. The standard InChI is InChI=1S/C12H15N3O3/c1-7-5-10(8(2)14-13-7)12(18)15(6-11(16)17)9-3-4-9/h5,9H,3-4,6H2,1-2H3,(H,16,17). The van der Waals surface area contributed by atoms with Crippen molar-refractivity contribution < 1.29 is 14.7 Å². The number of aliphatic carboxylic acids is 1. The van der Waals surface area contributed by atoms with Gasteiger partial charge < -0.3 is 10.0 Å². The molecule has 96 valence electrons. The summed E-state index contributed by atoms with van der Waals surface area (Å²) < 4.78 is 0. The summed E-state index contributed by atoms with van der Waals surface area (Å²) in [6.45, 7) is 3.19. The molecule has 1 fully saturated rings. The van der Waals surface area contributed by atoms with Crippen LogP contribution in [0.25, 0.3) is 0 Å². The fraction of sp³-hybridized carbons (Fsp3) is 0.500. The molecule has 1 aliphatic rings. The Morgan fingerprint density at radius 1 is 1.39 bits per heavy atom. The molecule has 6 heteroatoms. The SMILES string of the molecule is Cc1cc(C(=O)N(CC(=O)O)C2CC2)c(C)nn1. The highest BCUT2D eigenvalue weighted by Crippen LogP contribution is 2.28. The predicted octanol–water partition coefficient (Wildman–Crippen LogP) is 0.783. The van der Waals surface area contributed by atoms with Gasteiger partial charge in [-0.25, -0.2) is 0 Å². The number of aromatic nitrogens is 2. The Hall–Kier alpha value is -1.98. The second-order valence-corrected chi connectivity index (χ2v) is 4.54. The van der Waals surface area contributed by atoms with Crippen LogP contribution in [0.2, 0.25) is 0 Å². The molecule has 1 aromatic heterocycles. The van der Waals surface area contributed by atoms with E-state index in [1.165, 1.54) is 4.90 Å². The number of hydrogen-bond donors (Lipinski definition) is 1. The Balaban J connectivity index is 2.27. The minimum absolute atomic E-state index is 0.0569. The highest BCUT2D eigenvalue weighted by atomic mass is 16.4. The van der Waals surface area contributed by atoms with Gasteiger partial charge in [0.2, 0.25) is 0 Å². The molecule has 2 rings (SSSR count). The van der Waals surface area contributed by atoms with Crippen LogP contribution in [-0.2, 0) is 4.79 Å². The third-order valence-electron chi connectivity index (χ3n) is 2.89. The summed E-state index contributed by atoms with van der Waals surface area (Å²) in [6, 6.07) is 1.71. The molecule has 0 atom stereocenters. The van der Waals surface area contributed by atoms with E-state index in [0.717, 1.165) is 12.8 Å². The number of rotatable bonds is 4. The van der Waals surface area contributed by atoms with Crippen molar-refractivity contribution in [1.29, 1.82) is 0 Å². The molecular weight excluding hydrogens is 234 g/mol. The minimum atomic E-state index is -0.994. The van der Waals surface area contributed by atoms with Crippen LogP contribution >= 0.6 is 0 Å². The van der Waals surface area contributed by atoms with Crippen LogP contribution in [-0.4, -0.2) is 44.7 Å². The van der Waals surface area contributed by atoms with E-state index >= 15 is 0 Å². The zero-order valence-corrected chi connectivity index (χ0v) is 10.4. The first-order valence-corrected chi connectivity index (χ1v) is 5.82. The topological polar surface area (TPSA) is 83.4 Å². The first-order valence-electron chi connectivity index (χ1n) is 5.82. The number of aryl methyl sites for hydroxylation is 2. The van der Waals surface area contributed by atoms with E-state index in [2.05, 4.69) is 10.2 Å². The maximum atomic E-state index is 12.3. The molecule has 0 saturated heterocycles. The Labute approximate surface area is 105 Å². The number of amides is 1. The van der Waals surface area contributed by atoms with Gasteiger partial charge >= 0.3 is 5.97 Å². The van der Waals surface area contributed by atoms with Crippen LogP contribution in [0.1, 0.15) is 34.6 Å². The molecule has 0 aromatic carbocycles. The highest BCUT2D eigenvalue weighted by molar-refractivity contribution is 5.97. The maximum absolute atomic E-state index is 12.3. The average Bonchev–Trinajstić information content (AvgIpc) is 3.12. The zero-order valence-electron chi connectivity index (χ0n) is 10.4. The van der Waals surface area contributed by atoms with Crippen molar-refractivity contribution in [3.63, 3.8) is 0 Å². The van der Waals surface area contributed by atoms with Crippen molar-refractivity contribution in [1.82, 2.24) is 15.1 Å². The van der Waals surface area contributed by atoms with E-state index in [1.807, 2.05) is 0 Å². The lowest BCUT2D eigenvalue weighted by Crippen LogP contribution is -2.38. The minimum Gasteiger partial charge on any atom is -0.480 e. The normalized spacial score (nSPS) is 14.3. The summed E-state index contributed by atoms with van der Waals surface area (Å²) in [5.74, 6) is -1.26. The van der Waals surface area contributed by atoms with E-state index in [0.29, 0.717) is 17.0 Å². The molecule has 1 heterocycles. The summed E-state index contributed by atoms with van der Waals surface area (Å²) >= 11 is 0. The molecule has 1 aromatic rings. The van der Waals surface area contributed by atoms with E-state index in [1.54, 1.807) is 19.9 Å². The number of carboxylic acid groups (broad SMARTS) is 1. The summed E-state index contributed by atoms with van der Waals surface area (Å²) in [5.41, 5.74) is 1.62. The zero-order chi connectivity index (χ0) is 13.3. The molecule has 0 unspecified atom stereocenters. The van der Waals surface area contributed by atoms with Gasteiger partial charge in [-0.3, -0.25) is 9.59 Å². The van der Waals surface area contributed by atoms with Crippen molar-refractivity contribution in [3.8, 4) is 0 Å². The van der Waals surface area contributed by atoms with E-state index in [9.17, 15) is 9.59 Å². The van der Waals surface area contributed by atoms with Gasteiger partial charge in [0.25, 0.3) is 5.91 Å². The number of nitrogens with zero attached hydrogens (tertiary/aromatic N) is 3. The Morgan fingerprint density at radius 2 is 2.06 bits per heavy atom. The largest absolute Gasteiger partial charge is 0.480 e. The quantitative estimate of drug-likeness (QED) is 0.852.